The number of carbonyl (C=O) groups excluding carboxylic acids is 1. The lowest BCUT2D eigenvalue weighted by Gasteiger charge is -2.38. The summed E-state index contributed by atoms with van der Waals surface area (Å²) in [7, 11) is 4.00. The molecule has 5 nitrogen and oxygen atoms in total. The van der Waals surface area contributed by atoms with Gasteiger partial charge in [-0.15, -0.1) is 0 Å². The van der Waals surface area contributed by atoms with Gasteiger partial charge in [0.15, 0.2) is 0 Å². The molecule has 1 saturated heterocycles. The van der Waals surface area contributed by atoms with Crippen molar-refractivity contribution in [2.75, 3.05) is 33.7 Å². The van der Waals surface area contributed by atoms with Crippen molar-refractivity contribution in [3.05, 3.63) is 35.9 Å². The van der Waals surface area contributed by atoms with E-state index >= 15 is 0 Å². The quantitative estimate of drug-likeness (QED) is 0.905. The van der Waals surface area contributed by atoms with Crippen LogP contribution in [0.1, 0.15) is 24.8 Å². The Kier molecular flexibility index (Phi) is 5.80. The summed E-state index contributed by atoms with van der Waals surface area (Å²) in [5.74, 6) is 0. The Balaban J connectivity index is 1.75. The number of rotatable bonds is 5. The second-order valence-corrected chi connectivity index (χ2v) is 6.30. The molecule has 0 spiro atoms. The molecular weight excluding hydrogens is 280 g/mol. The Hall–Kier alpha value is -1.59. The molecule has 1 amide bonds. The number of ether oxygens (including phenoxy) is 1. The lowest BCUT2D eigenvalue weighted by atomic mass is 9.88. The smallest absolute Gasteiger partial charge is 0.410 e. The maximum Gasteiger partial charge on any atom is 0.410 e. The zero-order chi connectivity index (χ0) is 16.0. The van der Waals surface area contributed by atoms with Crippen LogP contribution in [-0.2, 0) is 11.3 Å². The van der Waals surface area contributed by atoms with E-state index in [2.05, 4.69) is 4.90 Å². The summed E-state index contributed by atoms with van der Waals surface area (Å²) in [6, 6.07) is 9.65. The second kappa shape index (κ2) is 7.61. The Labute approximate surface area is 132 Å². The highest BCUT2D eigenvalue weighted by atomic mass is 16.6. The van der Waals surface area contributed by atoms with Crippen LogP contribution in [0.5, 0.6) is 0 Å². The SMILES string of the molecule is CN(C)CCC1(O)CCN(C(=O)OCc2ccccc2)CC1. The molecule has 0 aliphatic carbocycles. The van der Waals surface area contributed by atoms with Gasteiger partial charge < -0.3 is 19.6 Å². The zero-order valence-corrected chi connectivity index (χ0v) is 13.5. The first-order valence-electron chi connectivity index (χ1n) is 7.81. The van der Waals surface area contributed by atoms with Crippen molar-refractivity contribution in [3.8, 4) is 0 Å². The number of aliphatic hydroxyl groups is 1. The zero-order valence-electron chi connectivity index (χ0n) is 13.5. The maximum atomic E-state index is 12.1. The van der Waals surface area contributed by atoms with Gasteiger partial charge in [0.1, 0.15) is 6.61 Å². The molecule has 1 aliphatic rings. The first-order chi connectivity index (χ1) is 10.5. The van der Waals surface area contributed by atoms with Crippen LogP contribution in [0.25, 0.3) is 0 Å². The Morgan fingerprint density at radius 1 is 1.27 bits per heavy atom. The number of likely N-dealkylation sites (tertiary alicyclic amines) is 1. The van der Waals surface area contributed by atoms with Crippen LogP contribution in [0.3, 0.4) is 0 Å². The molecule has 2 rings (SSSR count). The van der Waals surface area contributed by atoms with Crippen LogP contribution in [-0.4, -0.2) is 60.3 Å². The normalized spacial score (nSPS) is 17.5. The number of amides is 1. The van der Waals surface area contributed by atoms with Crippen LogP contribution in [0.4, 0.5) is 4.79 Å². The number of benzene rings is 1. The monoisotopic (exact) mass is 306 g/mol. The van der Waals surface area contributed by atoms with Crippen molar-refractivity contribution in [2.45, 2.75) is 31.5 Å². The maximum absolute atomic E-state index is 12.1. The van der Waals surface area contributed by atoms with Crippen molar-refractivity contribution in [1.82, 2.24) is 9.80 Å². The number of nitrogens with zero attached hydrogens (tertiary/aromatic N) is 2. The average molecular weight is 306 g/mol. The first-order valence-corrected chi connectivity index (χ1v) is 7.81. The minimum Gasteiger partial charge on any atom is -0.445 e. The summed E-state index contributed by atoms with van der Waals surface area (Å²) in [4.78, 5) is 15.8. The average Bonchev–Trinajstić information content (AvgIpc) is 2.52. The van der Waals surface area contributed by atoms with E-state index in [0.29, 0.717) is 32.5 Å². The van der Waals surface area contributed by atoms with Gasteiger partial charge >= 0.3 is 6.09 Å². The fraction of sp³-hybridized carbons (Fsp3) is 0.588. The van der Waals surface area contributed by atoms with Gasteiger partial charge in [-0.05, 0) is 38.9 Å². The van der Waals surface area contributed by atoms with Crippen molar-refractivity contribution >= 4 is 6.09 Å². The van der Waals surface area contributed by atoms with Crippen LogP contribution >= 0.6 is 0 Å². The summed E-state index contributed by atoms with van der Waals surface area (Å²) in [6.07, 6.45) is 1.67. The summed E-state index contributed by atoms with van der Waals surface area (Å²) >= 11 is 0. The largest absolute Gasteiger partial charge is 0.445 e. The van der Waals surface area contributed by atoms with Crippen molar-refractivity contribution in [3.63, 3.8) is 0 Å². The Morgan fingerprint density at radius 2 is 1.91 bits per heavy atom. The predicted octanol–water partition coefficient (Wildman–Crippen LogP) is 2.10. The van der Waals surface area contributed by atoms with Crippen molar-refractivity contribution in [1.29, 1.82) is 0 Å². The van der Waals surface area contributed by atoms with Crippen molar-refractivity contribution in [2.24, 2.45) is 0 Å². The van der Waals surface area contributed by atoms with E-state index in [9.17, 15) is 9.90 Å². The highest BCUT2D eigenvalue weighted by Crippen LogP contribution is 2.26. The lowest BCUT2D eigenvalue weighted by Crippen LogP contribution is -2.47. The number of hydrogen-bond acceptors (Lipinski definition) is 4. The van der Waals surface area contributed by atoms with E-state index in [1.807, 2.05) is 44.4 Å². The molecule has 1 aromatic rings. The summed E-state index contributed by atoms with van der Waals surface area (Å²) in [5.41, 5.74) is 0.330. The van der Waals surface area contributed by atoms with Gasteiger partial charge in [0, 0.05) is 19.6 Å². The van der Waals surface area contributed by atoms with E-state index < -0.39 is 5.60 Å². The fourth-order valence-corrected chi connectivity index (χ4v) is 2.60. The molecule has 122 valence electrons. The third kappa shape index (κ3) is 5.00. The molecule has 0 aromatic heterocycles. The molecule has 1 fully saturated rings. The summed E-state index contributed by atoms with van der Waals surface area (Å²) < 4.78 is 5.33. The number of hydrogen-bond donors (Lipinski definition) is 1. The molecule has 1 heterocycles. The van der Waals surface area contributed by atoms with E-state index in [4.69, 9.17) is 4.74 Å². The molecule has 1 N–H and O–H groups in total. The molecule has 5 heteroatoms. The fourth-order valence-electron chi connectivity index (χ4n) is 2.60. The van der Waals surface area contributed by atoms with Gasteiger partial charge in [-0.1, -0.05) is 30.3 Å². The summed E-state index contributed by atoms with van der Waals surface area (Å²) in [6.45, 7) is 2.26. The first kappa shape index (κ1) is 16.8. The Bertz CT molecular complexity index is 468. The van der Waals surface area contributed by atoms with Crippen LogP contribution in [0.2, 0.25) is 0 Å². The second-order valence-electron chi connectivity index (χ2n) is 6.30. The lowest BCUT2D eigenvalue weighted by molar-refractivity contribution is -0.0305. The molecule has 0 unspecified atom stereocenters. The predicted molar refractivity (Wildman–Crippen MR) is 85.6 cm³/mol. The molecule has 22 heavy (non-hydrogen) atoms. The number of piperidine rings is 1. The minimum atomic E-state index is -0.652. The Morgan fingerprint density at radius 3 is 2.50 bits per heavy atom. The van der Waals surface area contributed by atoms with E-state index in [1.54, 1.807) is 4.90 Å². The van der Waals surface area contributed by atoms with Gasteiger partial charge in [-0.2, -0.15) is 0 Å². The van der Waals surface area contributed by atoms with Gasteiger partial charge in [-0.3, -0.25) is 0 Å². The third-order valence-electron chi connectivity index (χ3n) is 4.18. The molecule has 0 saturated carbocycles. The van der Waals surface area contributed by atoms with E-state index in [0.717, 1.165) is 18.5 Å². The number of carbonyl (C=O) groups is 1. The molecule has 0 radical (unpaired) electrons. The van der Waals surface area contributed by atoms with Gasteiger partial charge in [0.05, 0.1) is 5.60 Å². The van der Waals surface area contributed by atoms with Gasteiger partial charge in [0.2, 0.25) is 0 Å². The molecule has 0 atom stereocenters. The molecule has 1 aliphatic heterocycles. The van der Waals surface area contributed by atoms with Crippen LogP contribution in [0.15, 0.2) is 30.3 Å². The standard InChI is InChI=1S/C17H26N2O3/c1-18(2)11-8-17(21)9-12-19(13-10-17)16(20)22-14-15-6-4-3-5-7-15/h3-7,21H,8-14H2,1-2H3. The van der Waals surface area contributed by atoms with E-state index in [1.165, 1.54) is 0 Å². The van der Waals surface area contributed by atoms with E-state index in [-0.39, 0.29) is 6.09 Å². The van der Waals surface area contributed by atoms with Gasteiger partial charge in [-0.25, -0.2) is 4.79 Å². The topological polar surface area (TPSA) is 53.0 Å². The molecule has 1 aromatic carbocycles. The van der Waals surface area contributed by atoms with Gasteiger partial charge in [0.25, 0.3) is 0 Å². The third-order valence-corrected chi connectivity index (χ3v) is 4.18. The van der Waals surface area contributed by atoms with Crippen LogP contribution < -0.4 is 0 Å². The minimum absolute atomic E-state index is 0.293. The summed E-state index contributed by atoms with van der Waals surface area (Å²) in [5, 5.41) is 10.5. The molecular formula is C17H26N2O3. The highest BCUT2D eigenvalue weighted by molar-refractivity contribution is 5.67. The van der Waals surface area contributed by atoms with Crippen LogP contribution in [0, 0.1) is 0 Å². The van der Waals surface area contributed by atoms with Crippen molar-refractivity contribution < 1.29 is 14.6 Å². The highest BCUT2D eigenvalue weighted by Gasteiger charge is 2.34. The molecule has 0 bridgehead atoms.